The summed E-state index contributed by atoms with van der Waals surface area (Å²) in [6.07, 6.45) is -0.301. The largest absolute Gasteiger partial charge is 0.480 e. The van der Waals surface area contributed by atoms with Gasteiger partial charge in [-0.1, -0.05) is 12.8 Å². The van der Waals surface area contributed by atoms with E-state index in [2.05, 4.69) is 4.74 Å². The smallest absolute Gasteiger partial charge is 0.340 e. The summed E-state index contributed by atoms with van der Waals surface area (Å²) in [5, 5.41) is 11.2. The zero-order valence-electron chi connectivity index (χ0n) is 13.8. The number of rotatable bonds is 6. The topological polar surface area (TPSA) is 72.7 Å². The molecule has 0 radical (unpaired) electrons. The lowest BCUT2D eigenvalue weighted by Gasteiger charge is -2.20. The second-order valence-electron chi connectivity index (χ2n) is 6.00. The van der Waals surface area contributed by atoms with Gasteiger partial charge in [-0.2, -0.15) is 8.78 Å². The van der Waals surface area contributed by atoms with E-state index in [-0.39, 0.29) is 5.56 Å². The molecule has 6 nitrogen and oxygen atoms in total. The molecule has 0 N–H and O–H groups in total. The number of benzene rings is 1. The first kappa shape index (κ1) is 19.9. The van der Waals surface area contributed by atoms with Crippen molar-refractivity contribution in [3.63, 3.8) is 0 Å². The summed E-state index contributed by atoms with van der Waals surface area (Å²) in [6, 6.07) is 3.10. The van der Waals surface area contributed by atoms with Crippen LogP contribution >= 0.6 is 0 Å². The standard InChI is InChI=1S/C16H18F4N2O4/c17-15(18)16(19,20)10-26-13-6-5-11(9-12(13)22(24)25)14(23)21-7-3-1-2-4-8-21/h5-6,9,15H,1-4,7-8,10H2. The summed E-state index contributed by atoms with van der Waals surface area (Å²) in [5.74, 6) is -5.43. The quantitative estimate of drug-likeness (QED) is 0.428. The SMILES string of the molecule is O=C(c1ccc(OCC(F)(F)C(F)F)c([N+](=O)[O-])c1)N1CCCCCC1. The first-order chi connectivity index (χ1) is 12.2. The monoisotopic (exact) mass is 378 g/mol. The molecule has 10 heteroatoms. The van der Waals surface area contributed by atoms with Crippen molar-refractivity contribution in [1.82, 2.24) is 4.90 Å². The first-order valence-corrected chi connectivity index (χ1v) is 8.09. The lowest BCUT2D eigenvalue weighted by Crippen LogP contribution is -2.34. The predicted molar refractivity (Wildman–Crippen MR) is 83.9 cm³/mol. The van der Waals surface area contributed by atoms with Crippen LogP contribution in [0.25, 0.3) is 0 Å². The second-order valence-corrected chi connectivity index (χ2v) is 6.00. The molecule has 144 valence electrons. The average molecular weight is 378 g/mol. The lowest BCUT2D eigenvalue weighted by molar-refractivity contribution is -0.386. The fourth-order valence-corrected chi connectivity index (χ4v) is 2.61. The molecule has 0 atom stereocenters. The van der Waals surface area contributed by atoms with Crippen LogP contribution in [0, 0.1) is 10.1 Å². The van der Waals surface area contributed by atoms with Crippen molar-refractivity contribution in [2.45, 2.75) is 38.0 Å². The molecule has 1 saturated heterocycles. The van der Waals surface area contributed by atoms with Crippen molar-refractivity contribution in [2.24, 2.45) is 0 Å². The fraction of sp³-hybridized carbons (Fsp3) is 0.562. The number of hydrogen-bond acceptors (Lipinski definition) is 4. The van der Waals surface area contributed by atoms with Crippen LogP contribution in [0.15, 0.2) is 18.2 Å². The van der Waals surface area contributed by atoms with Gasteiger partial charge in [0.15, 0.2) is 12.4 Å². The number of ether oxygens (including phenoxy) is 1. The molecule has 1 aliphatic heterocycles. The van der Waals surface area contributed by atoms with Crippen molar-refractivity contribution >= 4 is 11.6 Å². The molecule has 0 aromatic heterocycles. The van der Waals surface area contributed by atoms with Gasteiger partial charge in [0, 0.05) is 24.7 Å². The lowest BCUT2D eigenvalue weighted by atomic mass is 10.1. The molecule has 0 saturated carbocycles. The number of carbonyl (C=O) groups is 1. The van der Waals surface area contributed by atoms with E-state index in [1.54, 1.807) is 4.90 Å². The van der Waals surface area contributed by atoms with Crippen molar-refractivity contribution in [3.8, 4) is 5.75 Å². The van der Waals surface area contributed by atoms with E-state index in [4.69, 9.17) is 0 Å². The molecule has 1 heterocycles. The number of amides is 1. The van der Waals surface area contributed by atoms with E-state index in [1.165, 1.54) is 6.07 Å². The Morgan fingerprint density at radius 3 is 2.38 bits per heavy atom. The van der Waals surface area contributed by atoms with Gasteiger partial charge in [0.1, 0.15) is 0 Å². The highest BCUT2D eigenvalue weighted by molar-refractivity contribution is 5.95. The minimum absolute atomic E-state index is 0.0200. The molecule has 0 unspecified atom stereocenters. The van der Waals surface area contributed by atoms with E-state index in [0.717, 1.165) is 37.8 Å². The maximum atomic E-state index is 12.9. The number of carbonyl (C=O) groups excluding carboxylic acids is 1. The van der Waals surface area contributed by atoms with E-state index in [9.17, 15) is 32.5 Å². The van der Waals surface area contributed by atoms with E-state index in [1.807, 2.05) is 0 Å². The zero-order valence-corrected chi connectivity index (χ0v) is 13.8. The number of halogens is 4. The third kappa shape index (κ3) is 4.83. The molecule has 0 aliphatic carbocycles. The first-order valence-electron chi connectivity index (χ1n) is 8.09. The summed E-state index contributed by atoms with van der Waals surface area (Å²) in [6.45, 7) is -0.637. The highest BCUT2D eigenvalue weighted by atomic mass is 19.3. The molecular weight excluding hydrogens is 360 g/mol. The third-order valence-corrected chi connectivity index (χ3v) is 4.04. The van der Waals surface area contributed by atoms with Crippen molar-refractivity contribution in [1.29, 1.82) is 0 Å². The fourth-order valence-electron chi connectivity index (χ4n) is 2.61. The Balaban J connectivity index is 2.20. The highest BCUT2D eigenvalue weighted by Gasteiger charge is 2.42. The number of nitro groups is 1. The van der Waals surface area contributed by atoms with Gasteiger partial charge in [0.25, 0.3) is 5.91 Å². The average Bonchev–Trinajstić information content (AvgIpc) is 2.88. The molecule has 0 spiro atoms. The molecule has 1 amide bonds. The Kier molecular flexibility index (Phi) is 6.38. The van der Waals surface area contributed by atoms with E-state index >= 15 is 0 Å². The molecule has 1 aromatic rings. The van der Waals surface area contributed by atoms with Crippen LogP contribution in [0.2, 0.25) is 0 Å². The third-order valence-electron chi connectivity index (χ3n) is 4.04. The molecule has 1 aliphatic rings. The minimum Gasteiger partial charge on any atom is -0.480 e. The van der Waals surface area contributed by atoms with Gasteiger partial charge in [-0.05, 0) is 25.0 Å². The van der Waals surface area contributed by atoms with Gasteiger partial charge in [0.05, 0.1) is 4.92 Å². The van der Waals surface area contributed by atoms with Crippen LogP contribution in [0.4, 0.5) is 23.2 Å². The van der Waals surface area contributed by atoms with Crippen LogP contribution in [0.5, 0.6) is 5.75 Å². The van der Waals surface area contributed by atoms with Crippen LogP contribution in [0.1, 0.15) is 36.0 Å². The van der Waals surface area contributed by atoms with Crippen LogP contribution in [0.3, 0.4) is 0 Å². The van der Waals surface area contributed by atoms with E-state index < -0.39 is 41.2 Å². The summed E-state index contributed by atoms with van der Waals surface area (Å²) < 4.78 is 54.8. The van der Waals surface area contributed by atoms with Gasteiger partial charge in [0.2, 0.25) is 0 Å². The van der Waals surface area contributed by atoms with Crippen molar-refractivity contribution in [3.05, 3.63) is 33.9 Å². The minimum atomic E-state index is -4.44. The molecule has 1 fully saturated rings. The molecule has 0 bridgehead atoms. The maximum absolute atomic E-state index is 12.9. The molecule has 26 heavy (non-hydrogen) atoms. The van der Waals surface area contributed by atoms with Gasteiger partial charge in [-0.15, -0.1) is 0 Å². The normalized spacial score (nSPS) is 15.7. The summed E-state index contributed by atoms with van der Waals surface area (Å²) in [5.41, 5.74) is -0.706. The van der Waals surface area contributed by atoms with E-state index in [0.29, 0.717) is 13.1 Å². The summed E-state index contributed by atoms with van der Waals surface area (Å²) >= 11 is 0. The van der Waals surface area contributed by atoms with Gasteiger partial charge < -0.3 is 9.64 Å². The summed E-state index contributed by atoms with van der Waals surface area (Å²) in [4.78, 5) is 24.3. The number of nitrogens with zero attached hydrogens (tertiary/aromatic N) is 2. The number of nitro benzene ring substituents is 1. The molecular formula is C16H18F4N2O4. The van der Waals surface area contributed by atoms with Gasteiger partial charge in [-0.3, -0.25) is 14.9 Å². The summed E-state index contributed by atoms with van der Waals surface area (Å²) in [7, 11) is 0. The Labute approximate surface area is 146 Å². The van der Waals surface area contributed by atoms with Gasteiger partial charge >= 0.3 is 18.0 Å². The van der Waals surface area contributed by atoms with Crippen LogP contribution < -0.4 is 4.74 Å². The van der Waals surface area contributed by atoms with Gasteiger partial charge in [-0.25, -0.2) is 8.78 Å². The van der Waals surface area contributed by atoms with Crippen LogP contribution in [-0.4, -0.2) is 47.8 Å². The van der Waals surface area contributed by atoms with Crippen molar-refractivity contribution < 1.29 is 32.0 Å². The number of hydrogen-bond donors (Lipinski definition) is 0. The molecule has 1 aromatic carbocycles. The Morgan fingerprint density at radius 2 is 1.85 bits per heavy atom. The molecule has 2 rings (SSSR count). The number of likely N-dealkylation sites (tertiary alicyclic amines) is 1. The second kappa shape index (κ2) is 8.33. The predicted octanol–water partition coefficient (Wildman–Crippen LogP) is 3.89. The van der Waals surface area contributed by atoms with Crippen LogP contribution in [-0.2, 0) is 0 Å². The van der Waals surface area contributed by atoms with Crippen molar-refractivity contribution in [2.75, 3.05) is 19.7 Å². The Hall–Kier alpha value is -2.39. The maximum Gasteiger partial charge on any atom is 0.340 e. The highest BCUT2D eigenvalue weighted by Crippen LogP contribution is 2.31. The zero-order chi connectivity index (χ0) is 19.3. The Bertz CT molecular complexity index is 662. The number of alkyl halides is 4. The Morgan fingerprint density at radius 1 is 1.23 bits per heavy atom.